The average Bonchev–Trinajstić information content (AvgIpc) is 2.96. The number of carbonyl (C=O) groups excluding carboxylic acids is 1. The van der Waals surface area contributed by atoms with Crippen molar-refractivity contribution in [3.63, 3.8) is 0 Å². The van der Waals surface area contributed by atoms with Crippen molar-refractivity contribution in [2.24, 2.45) is 0 Å². The lowest BCUT2D eigenvalue weighted by molar-refractivity contribution is -0.117. The number of likely N-dealkylation sites (N-methyl/N-ethyl adjacent to an activating group) is 1. The second-order valence-electron chi connectivity index (χ2n) is 4.71. The Morgan fingerprint density at radius 3 is 3.00 bits per heavy atom. The number of aryl methyl sites for hydroxylation is 1. The van der Waals surface area contributed by atoms with Crippen molar-refractivity contribution in [1.29, 1.82) is 0 Å². The molecule has 1 aromatic carbocycles. The maximum atomic E-state index is 12.0. The molecule has 2 aromatic rings. The predicted molar refractivity (Wildman–Crippen MR) is 81.9 cm³/mol. The molecule has 1 aliphatic heterocycles. The van der Waals surface area contributed by atoms with Crippen molar-refractivity contribution in [2.45, 2.75) is 30.0 Å². The molecule has 1 aromatic heterocycles. The summed E-state index contributed by atoms with van der Waals surface area (Å²) in [5, 5.41) is 7.12. The Hall–Kier alpha value is -1.50. The lowest BCUT2D eigenvalue weighted by Gasteiger charge is -2.10. The zero-order valence-corrected chi connectivity index (χ0v) is 13.1. The van der Waals surface area contributed by atoms with E-state index in [2.05, 4.69) is 15.6 Å². The average molecular weight is 324 g/mol. The Kier molecular flexibility index (Phi) is 3.93. The summed E-state index contributed by atoms with van der Waals surface area (Å²) in [5.74, 6) is -0.0583. The van der Waals surface area contributed by atoms with Gasteiger partial charge in [-0.05, 0) is 37.4 Å². The van der Waals surface area contributed by atoms with Crippen molar-refractivity contribution in [2.75, 3.05) is 11.9 Å². The van der Waals surface area contributed by atoms with Gasteiger partial charge in [-0.2, -0.15) is 0 Å². The zero-order chi connectivity index (χ0) is 15.0. The summed E-state index contributed by atoms with van der Waals surface area (Å²) in [7, 11) is 0. The van der Waals surface area contributed by atoms with Gasteiger partial charge in [-0.25, -0.2) is 4.98 Å². The van der Waals surface area contributed by atoms with E-state index in [0.29, 0.717) is 16.8 Å². The summed E-state index contributed by atoms with van der Waals surface area (Å²) in [6.45, 7) is 4.53. The molecule has 7 heteroatoms. The summed E-state index contributed by atoms with van der Waals surface area (Å²) in [6.07, 6.45) is 1.59. The topological polar surface area (TPSA) is 67.2 Å². The van der Waals surface area contributed by atoms with E-state index < -0.39 is 0 Å². The molecule has 0 bridgehead atoms. The number of oxazole rings is 1. The fraction of sp³-hybridized carbons (Fsp3) is 0.286. The number of rotatable bonds is 4. The van der Waals surface area contributed by atoms with Crippen LogP contribution in [0.15, 0.2) is 32.9 Å². The third-order valence-corrected chi connectivity index (χ3v) is 4.48. The van der Waals surface area contributed by atoms with Gasteiger partial charge in [-0.1, -0.05) is 18.5 Å². The molecule has 3 rings (SSSR count). The Labute approximate surface area is 131 Å². The quantitative estimate of drug-likeness (QED) is 0.902. The van der Waals surface area contributed by atoms with Gasteiger partial charge >= 0.3 is 0 Å². The van der Waals surface area contributed by atoms with Gasteiger partial charge in [0.05, 0.1) is 10.7 Å². The molecule has 0 spiro atoms. The van der Waals surface area contributed by atoms with Crippen molar-refractivity contribution >= 4 is 35.0 Å². The van der Waals surface area contributed by atoms with E-state index in [4.69, 9.17) is 16.0 Å². The molecule has 2 heterocycles. The minimum absolute atomic E-state index is 0.0583. The van der Waals surface area contributed by atoms with Gasteiger partial charge < -0.3 is 15.1 Å². The maximum absolute atomic E-state index is 12.0. The van der Waals surface area contributed by atoms with Crippen LogP contribution in [0.2, 0.25) is 5.02 Å². The first-order valence-electron chi connectivity index (χ1n) is 6.56. The van der Waals surface area contributed by atoms with Crippen LogP contribution in [0.25, 0.3) is 0 Å². The first kappa shape index (κ1) is 14.4. The van der Waals surface area contributed by atoms with Gasteiger partial charge in [0, 0.05) is 16.1 Å². The van der Waals surface area contributed by atoms with Crippen LogP contribution in [-0.2, 0) is 4.79 Å². The fourth-order valence-electron chi connectivity index (χ4n) is 2.22. The number of fused-ring (bicyclic) bond motifs is 1. The number of aromatic nitrogens is 1. The van der Waals surface area contributed by atoms with Crippen LogP contribution in [0, 0.1) is 6.92 Å². The first-order chi connectivity index (χ1) is 10.1. The van der Waals surface area contributed by atoms with Crippen molar-refractivity contribution < 1.29 is 9.21 Å². The summed E-state index contributed by atoms with van der Waals surface area (Å²) in [5.41, 5.74) is 2.47. The van der Waals surface area contributed by atoms with Crippen LogP contribution in [0.1, 0.15) is 24.2 Å². The number of amides is 1. The molecular formula is C14H14ClN3O2S. The highest BCUT2D eigenvalue weighted by Gasteiger charge is 2.31. The van der Waals surface area contributed by atoms with Crippen molar-refractivity contribution in [3.8, 4) is 0 Å². The summed E-state index contributed by atoms with van der Waals surface area (Å²) < 4.78 is 5.32. The number of hydrogen-bond donors (Lipinski definition) is 2. The van der Waals surface area contributed by atoms with Crippen LogP contribution in [0.4, 0.5) is 5.69 Å². The lowest BCUT2D eigenvalue weighted by Crippen LogP contribution is -2.27. The summed E-state index contributed by atoms with van der Waals surface area (Å²) >= 11 is 7.66. The van der Waals surface area contributed by atoms with Gasteiger partial charge in [-0.15, -0.1) is 0 Å². The number of nitrogens with one attached hydrogen (secondary N) is 2. The fourth-order valence-corrected chi connectivity index (χ4v) is 3.32. The van der Waals surface area contributed by atoms with Gasteiger partial charge in [-0.3, -0.25) is 4.79 Å². The third-order valence-electron chi connectivity index (χ3n) is 3.14. The van der Waals surface area contributed by atoms with Crippen molar-refractivity contribution in [3.05, 3.63) is 34.7 Å². The Morgan fingerprint density at radius 2 is 2.33 bits per heavy atom. The Balaban J connectivity index is 1.92. The number of anilines is 1. The minimum atomic E-state index is -0.342. The van der Waals surface area contributed by atoms with E-state index >= 15 is 0 Å². The number of hydrogen-bond acceptors (Lipinski definition) is 5. The molecular weight excluding hydrogens is 310 g/mol. The van der Waals surface area contributed by atoms with E-state index in [-0.39, 0.29) is 11.9 Å². The smallest absolute Gasteiger partial charge is 0.260 e. The molecule has 1 atom stereocenters. The molecule has 0 saturated heterocycles. The number of benzene rings is 1. The van der Waals surface area contributed by atoms with E-state index in [9.17, 15) is 4.79 Å². The molecule has 0 aliphatic carbocycles. The third kappa shape index (κ3) is 2.79. The molecule has 1 unspecified atom stereocenters. The lowest BCUT2D eigenvalue weighted by atomic mass is 10.1. The second kappa shape index (κ2) is 5.71. The van der Waals surface area contributed by atoms with Gasteiger partial charge in [0.15, 0.2) is 0 Å². The molecule has 21 heavy (non-hydrogen) atoms. The highest BCUT2D eigenvalue weighted by molar-refractivity contribution is 7.99. The SMILES string of the molecule is CCNC1C(=O)Nc2cc(Sc3nc(C)co3)c(Cl)cc21. The molecule has 2 N–H and O–H groups in total. The highest BCUT2D eigenvalue weighted by Crippen LogP contribution is 2.40. The normalized spacial score (nSPS) is 16.9. The predicted octanol–water partition coefficient (Wildman–Crippen LogP) is 3.39. The van der Waals surface area contributed by atoms with Gasteiger partial charge in [0.2, 0.25) is 5.91 Å². The second-order valence-corrected chi connectivity index (χ2v) is 6.11. The Morgan fingerprint density at radius 1 is 1.52 bits per heavy atom. The van der Waals surface area contributed by atoms with E-state index in [0.717, 1.165) is 21.8 Å². The van der Waals surface area contributed by atoms with Gasteiger partial charge in [0.25, 0.3) is 5.22 Å². The van der Waals surface area contributed by atoms with Crippen molar-refractivity contribution in [1.82, 2.24) is 10.3 Å². The molecule has 0 radical (unpaired) electrons. The zero-order valence-electron chi connectivity index (χ0n) is 11.6. The van der Waals surface area contributed by atoms with Crippen LogP contribution in [0.5, 0.6) is 0 Å². The molecule has 0 saturated carbocycles. The minimum Gasteiger partial charge on any atom is -0.439 e. The number of carbonyl (C=O) groups is 1. The standard InChI is InChI=1S/C14H14ClN3O2S/c1-3-16-12-8-4-9(15)11(5-10(8)18-13(12)19)21-14-17-7(2)6-20-14/h4-6,12,16H,3H2,1-2H3,(H,18,19). The van der Waals surface area contributed by atoms with Crippen LogP contribution >= 0.6 is 23.4 Å². The molecule has 5 nitrogen and oxygen atoms in total. The largest absolute Gasteiger partial charge is 0.439 e. The first-order valence-corrected chi connectivity index (χ1v) is 7.75. The number of nitrogens with zero attached hydrogens (tertiary/aromatic N) is 1. The monoisotopic (exact) mass is 323 g/mol. The number of halogens is 1. The molecule has 110 valence electrons. The van der Waals surface area contributed by atoms with E-state index in [1.807, 2.05) is 26.0 Å². The Bertz CT molecular complexity index is 702. The van der Waals surface area contributed by atoms with Crippen LogP contribution < -0.4 is 10.6 Å². The van der Waals surface area contributed by atoms with Crippen LogP contribution in [-0.4, -0.2) is 17.4 Å². The molecule has 0 fully saturated rings. The van der Waals surface area contributed by atoms with Crippen LogP contribution in [0.3, 0.4) is 0 Å². The summed E-state index contributed by atoms with van der Waals surface area (Å²) in [6, 6.07) is 3.34. The summed E-state index contributed by atoms with van der Waals surface area (Å²) in [4.78, 5) is 17.0. The molecule has 1 amide bonds. The highest BCUT2D eigenvalue weighted by atomic mass is 35.5. The molecule has 1 aliphatic rings. The van der Waals surface area contributed by atoms with E-state index in [1.165, 1.54) is 11.8 Å². The van der Waals surface area contributed by atoms with Gasteiger partial charge in [0.1, 0.15) is 12.3 Å². The van der Waals surface area contributed by atoms with E-state index in [1.54, 1.807) is 6.26 Å². The maximum Gasteiger partial charge on any atom is 0.260 e.